The Balaban J connectivity index is 2.34. The highest BCUT2D eigenvalue weighted by molar-refractivity contribution is 5.83. The van der Waals surface area contributed by atoms with Gasteiger partial charge in [-0.3, -0.25) is 9.59 Å². The third kappa shape index (κ3) is 6.60. The van der Waals surface area contributed by atoms with Gasteiger partial charge in [0.25, 0.3) is 0 Å². The lowest BCUT2D eigenvalue weighted by Gasteiger charge is -2.37. The molecule has 0 N–H and O–H groups in total. The first kappa shape index (κ1) is 18.1. The van der Waals surface area contributed by atoms with Crippen molar-refractivity contribution in [3.8, 4) is 0 Å². The molecule has 1 rings (SSSR count). The van der Waals surface area contributed by atoms with E-state index in [2.05, 4.69) is 20.8 Å². The van der Waals surface area contributed by atoms with E-state index < -0.39 is 0 Å². The summed E-state index contributed by atoms with van der Waals surface area (Å²) in [5, 5.41) is 0. The van der Waals surface area contributed by atoms with Crippen molar-refractivity contribution in [2.75, 3.05) is 13.2 Å². The van der Waals surface area contributed by atoms with Crippen molar-refractivity contribution < 1.29 is 19.1 Å². The van der Waals surface area contributed by atoms with E-state index in [0.29, 0.717) is 24.4 Å². The number of Topliss-reactive ketones (excluding diaryl/α,β-unsaturated/α-hetero) is 1. The molecule has 0 heterocycles. The van der Waals surface area contributed by atoms with E-state index in [1.54, 1.807) is 6.92 Å². The summed E-state index contributed by atoms with van der Waals surface area (Å²) in [4.78, 5) is 23.0. The number of carbonyl (C=O) groups is 2. The van der Waals surface area contributed by atoms with Gasteiger partial charge in [0.05, 0.1) is 19.1 Å². The average Bonchev–Trinajstić information content (AvgIpc) is 2.43. The second-order valence-corrected chi connectivity index (χ2v) is 6.52. The van der Waals surface area contributed by atoms with Gasteiger partial charge in [-0.1, -0.05) is 27.2 Å². The van der Waals surface area contributed by atoms with Crippen molar-refractivity contribution in [3.05, 3.63) is 0 Å². The number of hydrogen-bond donors (Lipinski definition) is 0. The van der Waals surface area contributed by atoms with Gasteiger partial charge in [-0.05, 0) is 37.5 Å². The van der Waals surface area contributed by atoms with Gasteiger partial charge >= 0.3 is 5.97 Å². The monoisotopic (exact) mass is 298 g/mol. The van der Waals surface area contributed by atoms with Gasteiger partial charge < -0.3 is 9.47 Å². The Morgan fingerprint density at radius 2 is 1.90 bits per heavy atom. The summed E-state index contributed by atoms with van der Waals surface area (Å²) in [6.07, 6.45) is 4.02. The van der Waals surface area contributed by atoms with E-state index in [4.69, 9.17) is 9.47 Å². The zero-order valence-corrected chi connectivity index (χ0v) is 13.9. The molecule has 0 unspecified atom stereocenters. The quantitative estimate of drug-likeness (QED) is 0.645. The zero-order chi connectivity index (χ0) is 15.8. The van der Waals surface area contributed by atoms with Crippen LogP contribution >= 0.6 is 0 Å². The molecule has 122 valence electrons. The third-order valence-corrected chi connectivity index (χ3v) is 4.33. The van der Waals surface area contributed by atoms with Gasteiger partial charge in [0.1, 0.15) is 6.61 Å². The first-order chi connectivity index (χ1) is 9.93. The number of rotatable bonds is 8. The Morgan fingerprint density at radius 1 is 1.19 bits per heavy atom. The molecule has 1 aliphatic rings. The van der Waals surface area contributed by atoms with Crippen LogP contribution in [0.4, 0.5) is 0 Å². The van der Waals surface area contributed by atoms with Crippen molar-refractivity contribution in [2.24, 2.45) is 17.8 Å². The molecule has 0 aromatic carbocycles. The van der Waals surface area contributed by atoms with Crippen LogP contribution in [0, 0.1) is 17.8 Å². The van der Waals surface area contributed by atoms with Crippen LogP contribution in [0.15, 0.2) is 0 Å². The fourth-order valence-electron chi connectivity index (χ4n) is 3.05. The fraction of sp³-hybridized carbons (Fsp3) is 0.882. The lowest BCUT2D eigenvalue weighted by molar-refractivity contribution is -0.145. The van der Waals surface area contributed by atoms with Crippen LogP contribution in [-0.4, -0.2) is 31.1 Å². The van der Waals surface area contributed by atoms with Crippen LogP contribution in [0.3, 0.4) is 0 Å². The van der Waals surface area contributed by atoms with Crippen molar-refractivity contribution in [1.29, 1.82) is 0 Å². The highest BCUT2D eigenvalue weighted by atomic mass is 16.5. The van der Waals surface area contributed by atoms with Gasteiger partial charge in [-0.25, -0.2) is 0 Å². The topological polar surface area (TPSA) is 52.6 Å². The molecule has 1 saturated carbocycles. The lowest BCUT2D eigenvalue weighted by atomic mass is 9.75. The van der Waals surface area contributed by atoms with Crippen molar-refractivity contribution >= 4 is 11.8 Å². The normalized spacial score (nSPS) is 25.9. The predicted octanol–water partition coefficient (Wildman–Crippen LogP) is 3.38. The largest absolute Gasteiger partial charge is 0.466 e. The molecule has 0 aromatic rings. The molecule has 0 saturated heterocycles. The minimum atomic E-state index is -0.308. The average molecular weight is 298 g/mol. The summed E-state index contributed by atoms with van der Waals surface area (Å²) in [7, 11) is 0. The zero-order valence-electron chi connectivity index (χ0n) is 13.9. The number of ether oxygens (including phenoxy) is 2. The first-order valence-electron chi connectivity index (χ1n) is 8.22. The van der Waals surface area contributed by atoms with Crippen LogP contribution < -0.4 is 0 Å². The number of hydrogen-bond acceptors (Lipinski definition) is 4. The molecular formula is C17H30O4. The molecule has 1 aliphatic carbocycles. The van der Waals surface area contributed by atoms with Gasteiger partial charge in [0.2, 0.25) is 0 Å². The van der Waals surface area contributed by atoms with Crippen molar-refractivity contribution in [2.45, 2.75) is 65.9 Å². The molecule has 4 nitrogen and oxygen atoms in total. The second kappa shape index (κ2) is 9.19. The van der Waals surface area contributed by atoms with Gasteiger partial charge in [-0.15, -0.1) is 0 Å². The Bertz CT molecular complexity index is 338. The van der Waals surface area contributed by atoms with Crippen LogP contribution in [-0.2, 0) is 19.1 Å². The molecule has 0 radical (unpaired) electrons. The number of esters is 1. The predicted molar refractivity (Wildman–Crippen MR) is 82.0 cm³/mol. The summed E-state index contributed by atoms with van der Waals surface area (Å²) >= 11 is 0. The smallest absolute Gasteiger partial charge is 0.306 e. The van der Waals surface area contributed by atoms with E-state index in [0.717, 1.165) is 6.42 Å². The molecular weight excluding hydrogens is 268 g/mol. The summed E-state index contributed by atoms with van der Waals surface area (Å²) in [5.74, 6) is 1.47. The SMILES string of the molecule is CCOC(=O)CCC(=O)CO[C@@H]1C[C@H](C)CC[C@H]1C(C)C. The molecule has 0 bridgehead atoms. The highest BCUT2D eigenvalue weighted by Crippen LogP contribution is 2.35. The minimum Gasteiger partial charge on any atom is -0.466 e. The van der Waals surface area contributed by atoms with Crippen LogP contribution in [0.25, 0.3) is 0 Å². The maximum absolute atomic E-state index is 11.8. The standard InChI is InChI=1S/C17H30O4/c1-5-20-17(19)9-7-14(18)11-21-16-10-13(4)6-8-15(16)12(2)3/h12-13,15-16H,5-11H2,1-4H3/t13-,15+,16-/m1/s1. The van der Waals surface area contributed by atoms with Gasteiger partial charge in [0, 0.05) is 6.42 Å². The van der Waals surface area contributed by atoms with Gasteiger partial charge in [-0.2, -0.15) is 0 Å². The van der Waals surface area contributed by atoms with Crippen molar-refractivity contribution in [1.82, 2.24) is 0 Å². The molecule has 3 atom stereocenters. The fourth-order valence-corrected chi connectivity index (χ4v) is 3.05. The summed E-state index contributed by atoms with van der Waals surface area (Å²) < 4.78 is 10.7. The lowest BCUT2D eigenvalue weighted by Crippen LogP contribution is -2.35. The van der Waals surface area contributed by atoms with Crippen LogP contribution in [0.2, 0.25) is 0 Å². The van der Waals surface area contributed by atoms with E-state index in [1.165, 1.54) is 12.8 Å². The van der Waals surface area contributed by atoms with Crippen molar-refractivity contribution in [3.63, 3.8) is 0 Å². The maximum atomic E-state index is 11.8. The molecule has 4 heteroatoms. The first-order valence-corrected chi connectivity index (χ1v) is 8.22. The second-order valence-electron chi connectivity index (χ2n) is 6.52. The maximum Gasteiger partial charge on any atom is 0.306 e. The summed E-state index contributed by atoms with van der Waals surface area (Å²) in [5.41, 5.74) is 0. The molecule has 1 fully saturated rings. The summed E-state index contributed by atoms with van der Waals surface area (Å²) in [6, 6.07) is 0. The molecule has 21 heavy (non-hydrogen) atoms. The van der Waals surface area contributed by atoms with Crippen LogP contribution in [0.5, 0.6) is 0 Å². The van der Waals surface area contributed by atoms with E-state index in [9.17, 15) is 9.59 Å². The van der Waals surface area contributed by atoms with E-state index in [1.807, 2.05) is 0 Å². The summed E-state index contributed by atoms with van der Waals surface area (Å²) in [6.45, 7) is 8.94. The highest BCUT2D eigenvalue weighted by Gasteiger charge is 2.31. The number of ketones is 1. The molecule has 0 spiro atoms. The molecule has 0 amide bonds. The Hall–Kier alpha value is -0.900. The van der Waals surface area contributed by atoms with Gasteiger partial charge in [0.15, 0.2) is 5.78 Å². The third-order valence-electron chi connectivity index (χ3n) is 4.33. The Labute approximate surface area is 128 Å². The van der Waals surface area contributed by atoms with E-state index in [-0.39, 0.29) is 37.3 Å². The van der Waals surface area contributed by atoms with Crippen LogP contribution in [0.1, 0.15) is 59.8 Å². The Kier molecular flexibility index (Phi) is 7.94. The van der Waals surface area contributed by atoms with E-state index >= 15 is 0 Å². The Morgan fingerprint density at radius 3 is 2.52 bits per heavy atom. The molecule has 0 aliphatic heterocycles. The minimum absolute atomic E-state index is 0.0104. The molecule has 0 aromatic heterocycles. The number of carbonyl (C=O) groups excluding carboxylic acids is 2.